The number of ether oxygens (including phenoxy) is 1. The minimum absolute atomic E-state index is 0.0920. The molecule has 0 saturated heterocycles. The number of esters is 1. The minimum Gasteiger partial charge on any atom is -0.469 e. The van der Waals surface area contributed by atoms with E-state index in [2.05, 4.69) is 16.7 Å². The molecule has 0 spiro atoms. The summed E-state index contributed by atoms with van der Waals surface area (Å²) < 4.78 is 4.63. The monoisotopic (exact) mass is 241 g/mol. The van der Waals surface area contributed by atoms with Crippen LogP contribution in [-0.4, -0.2) is 38.1 Å². The molecule has 3 nitrogen and oxygen atoms in total. The highest BCUT2D eigenvalue weighted by Gasteiger charge is 2.13. The smallest absolute Gasteiger partial charge is 0.305 e. The fourth-order valence-corrected chi connectivity index (χ4v) is 2.59. The minimum atomic E-state index is -0.0920. The third kappa shape index (κ3) is 6.67. The maximum atomic E-state index is 11.0. The molecular formula is C14H27NO2. The predicted octanol–water partition coefficient (Wildman–Crippen LogP) is 2.84. The van der Waals surface area contributed by atoms with Gasteiger partial charge in [0.15, 0.2) is 0 Å². The van der Waals surface area contributed by atoms with Gasteiger partial charge in [-0.05, 0) is 38.9 Å². The van der Waals surface area contributed by atoms with Gasteiger partial charge in [-0.15, -0.1) is 0 Å². The van der Waals surface area contributed by atoms with Crippen LogP contribution in [0.5, 0.6) is 0 Å². The fourth-order valence-electron chi connectivity index (χ4n) is 2.59. The fraction of sp³-hybridized carbons (Fsp3) is 0.929. The Labute approximate surface area is 106 Å². The Kier molecular flexibility index (Phi) is 7.25. The highest BCUT2D eigenvalue weighted by molar-refractivity contribution is 5.69. The Hall–Kier alpha value is -0.570. The van der Waals surface area contributed by atoms with Gasteiger partial charge in [0.1, 0.15) is 0 Å². The topological polar surface area (TPSA) is 29.5 Å². The first-order valence-electron chi connectivity index (χ1n) is 6.97. The number of carbonyl (C=O) groups excluding carboxylic acids is 1. The van der Waals surface area contributed by atoms with Gasteiger partial charge in [-0.25, -0.2) is 0 Å². The zero-order valence-corrected chi connectivity index (χ0v) is 11.4. The number of hydrogen-bond acceptors (Lipinski definition) is 3. The summed E-state index contributed by atoms with van der Waals surface area (Å²) in [4.78, 5) is 13.3. The van der Waals surface area contributed by atoms with Crippen LogP contribution in [0.2, 0.25) is 0 Å². The molecule has 17 heavy (non-hydrogen) atoms. The number of methoxy groups -OCH3 is 1. The molecule has 0 radical (unpaired) electrons. The van der Waals surface area contributed by atoms with Gasteiger partial charge >= 0.3 is 5.97 Å². The molecule has 0 unspecified atom stereocenters. The molecule has 100 valence electrons. The second-order valence-corrected chi connectivity index (χ2v) is 5.28. The molecule has 1 saturated carbocycles. The number of nitrogens with zero attached hydrogens (tertiary/aromatic N) is 1. The molecule has 0 aromatic rings. The van der Waals surface area contributed by atoms with Gasteiger partial charge in [0.05, 0.1) is 7.11 Å². The molecular weight excluding hydrogens is 214 g/mol. The van der Waals surface area contributed by atoms with E-state index in [-0.39, 0.29) is 5.97 Å². The first-order valence-corrected chi connectivity index (χ1v) is 6.97. The summed E-state index contributed by atoms with van der Waals surface area (Å²) in [5.74, 6) is 0.859. The molecule has 0 atom stereocenters. The molecule has 0 heterocycles. The van der Waals surface area contributed by atoms with Crippen molar-refractivity contribution in [2.45, 2.75) is 51.4 Å². The Morgan fingerprint density at radius 2 is 1.94 bits per heavy atom. The van der Waals surface area contributed by atoms with Crippen molar-refractivity contribution >= 4 is 5.97 Å². The van der Waals surface area contributed by atoms with Gasteiger partial charge in [0, 0.05) is 6.42 Å². The van der Waals surface area contributed by atoms with Crippen LogP contribution in [0, 0.1) is 5.92 Å². The van der Waals surface area contributed by atoms with Crippen molar-refractivity contribution in [1.29, 1.82) is 0 Å². The van der Waals surface area contributed by atoms with Crippen LogP contribution in [0.3, 0.4) is 0 Å². The second-order valence-electron chi connectivity index (χ2n) is 5.28. The average molecular weight is 241 g/mol. The predicted molar refractivity (Wildman–Crippen MR) is 69.9 cm³/mol. The van der Waals surface area contributed by atoms with Crippen LogP contribution < -0.4 is 0 Å². The van der Waals surface area contributed by atoms with E-state index < -0.39 is 0 Å². The quantitative estimate of drug-likeness (QED) is 0.642. The first-order chi connectivity index (χ1) is 8.22. The summed E-state index contributed by atoms with van der Waals surface area (Å²) in [6, 6.07) is 0. The van der Waals surface area contributed by atoms with Gasteiger partial charge < -0.3 is 9.64 Å². The summed E-state index contributed by atoms with van der Waals surface area (Å²) in [6.45, 7) is 2.17. The van der Waals surface area contributed by atoms with E-state index >= 15 is 0 Å². The largest absolute Gasteiger partial charge is 0.469 e. The van der Waals surface area contributed by atoms with Crippen molar-refractivity contribution in [2.24, 2.45) is 5.92 Å². The second kappa shape index (κ2) is 8.51. The molecule has 3 heteroatoms. The molecule has 1 rings (SSSR count). The highest BCUT2D eigenvalue weighted by Crippen LogP contribution is 2.26. The van der Waals surface area contributed by atoms with Gasteiger partial charge in [0.2, 0.25) is 0 Å². The van der Waals surface area contributed by atoms with Crippen molar-refractivity contribution < 1.29 is 9.53 Å². The lowest BCUT2D eigenvalue weighted by atomic mass is 9.87. The van der Waals surface area contributed by atoms with Crippen molar-refractivity contribution in [1.82, 2.24) is 4.90 Å². The molecule has 0 bridgehead atoms. The van der Waals surface area contributed by atoms with Crippen LogP contribution in [0.1, 0.15) is 51.4 Å². The van der Waals surface area contributed by atoms with Crippen LogP contribution in [0.25, 0.3) is 0 Å². The Balaban J connectivity index is 2.00. The molecule has 1 fully saturated rings. The molecule has 1 aliphatic rings. The molecule has 0 N–H and O–H groups in total. The number of hydrogen-bond donors (Lipinski definition) is 0. The van der Waals surface area contributed by atoms with E-state index in [0.29, 0.717) is 6.42 Å². The molecule has 0 aliphatic heterocycles. The molecule has 0 aromatic carbocycles. The van der Waals surface area contributed by atoms with Gasteiger partial charge in [0.25, 0.3) is 0 Å². The van der Waals surface area contributed by atoms with Crippen LogP contribution in [-0.2, 0) is 9.53 Å². The maximum Gasteiger partial charge on any atom is 0.305 e. The summed E-state index contributed by atoms with van der Waals surface area (Å²) in [6.07, 6.45) is 9.93. The summed E-state index contributed by atoms with van der Waals surface area (Å²) in [5.41, 5.74) is 0. The van der Waals surface area contributed by atoms with E-state index in [1.807, 2.05) is 0 Å². The Morgan fingerprint density at radius 3 is 2.59 bits per heavy atom. The normalized spacial score (nSPS) is 17.4. The summed E-state index contributed by atoms with van der Waals surface area (Å²) in [5, 5.41) is 0. The molecule has 1 aliphatic carbocycles. The van der Waals surface area contributed by atoms with Crippen molar-refractivity contribution in [3.8, 4) is 0 Å². The lowest BCUT2D eigenvalue weighted by Gasteiger charge is -2.24. The van der Waals surface area contributed by atoms with E-state index in [9.17, 15) is 4.79 Å². The zero-order chi connectivity index (χ0) is 12.5. The first kappa shape index (κ1) is 14.5. The van der Waals surface area contributed by atoms with Crippen LogP contribution >= 0.6 is 0 Å². The third-order valence-corrected chi connectivity index (χ3v) is 3.79. The Bertz CT molecular complexity index is 212. The van der Waals surface area contributed by atoms with Crippen LogP contribution in [0.15, 0.2) is 0 Å². The number of rotatable bonds is 7. The van der Waals surface area contributed by atoms with Gasteiger partial charge in [-0.1, -0.05) is 32.1 Å². The van der Waals surface area contributed by atoms with Crippen molar-refractivity contribution in [3.63, 3.8) is 0 Å². The highest BCUT2D eigenvalue weighted by atomic mass is 16.5. The summed E-state index contributed by atoms with van der Waals surface area (Å²) >= 11 is 0. The van der Waals surface area contributed by atoms with E-state index in [4.69, 9.17) is 0 Å². The lowest BCUT2D eigenvalue weighted by Crippen LogP contribution is -2.24. The number of carbonyl (C=O) groups is 1. The van der Waals surface area contributed by atoms with Crippen molar-refractivity contribution in [3.05, 3.63) is 0 Å². The molecule has 0 amide bonds. The van der Waals surface area contributed by atoms with Gasteiger partial charge in [-0.3, -0.25) is 4.79 Å². The Morgan fingerprint density at radius 1 is 1.24 bits per heavy atom. The van der Waals surface area contributed by atoms with E-state index in [1.165, 1.54) is 52.2 Å². The standard InChI is InChI=1S/C14H27NO2/c1-15(11-6-9-14(16)17-2)12-10-13-7-4-3-5-8-13/h13H,3-12H2,1-2H3. The zero-order valence-electron chi connectivity index (χ0n) is 11.4. The summed E-state index contributed by atoms with van der Waals surface area (Å²) in [7, 11) is 3.61. The van der Waals surface area contributed by atoms with Crippen molar-refractivity contribution in [2.75, 3.05) is 27.2 Å². The average Bonchev–Trinajstić information content (AvgIpc) is 2.37. The third-order valence-electron chi connectivity index (χ3n) is 3.79. The van der Waals surface area contributed by atoms with E-state index in [0.717, 1.165) is 18.9 Å². The van der Waals surface area contributed by atoms with Crippen LogP contribution in [0.4, 0.5) is 0 Å². The van der Waals surface area contributed by atoms with E-state index in [1.54, 1.807) is 0 Å². The molecule has 0 aromatic heterocycles. The lowest BCUT2D eigenvalue weighted by molar-refractivity contribution is -0.140. The maximum absolute atomic E-state index is 11.0. The van der Waals surface area contributed by atoms with Gasteiger partial charge in [-0.2, -0.15) is 0 Å². The SMILES string of the molecule is COC(=O)CCCN(C)CCC1CCCCC1.